The Balaban J connectivity index is 2.77. The number of carboxylic acids is 1. The van der Waals surface area contributed by atoms with E-state index in [1.165, 1.54) is 12.5 Å². The highest BCUT2D eigenvalue weighted by Gasteiger charge is 2.15. The van der Waals surface area contributed by atoms with Gasteiger partial charge >= 0.3 is 5.97 Å². The van der Waals surface area contributed by atoms with Crippen LogP contribution in [0.1, 0.15) is 18.2 Å². The third kappa shape index (κ3) is 2.81. The molecule has 0 aromatic carbocycles. The van der Waals surface area contributed by atoms with Crippen molar-refractivity contribution in [2.75, 3.05) is 0 Å². The Hall–Kier alpha value is -1.98. The van der Waals surface area contributed by atoms with Crippen molar-refractivity contribution in [3.63, 3.8) is 0 Å². The summed E-state index contributed by atoms with van der Waals surface area (Å²) in [5.41, 5.74) is 0.481. The normalized spacial score (nSPS) is 11.7. The van der Waals surface area contributed by atoms with Gasteiger partial charge in [0, 0.05) is 6.20 Å². The van der Waals surface area contributed by atoms with Crippen molar-refractivity contribution in [1.82, 2.24) is 15.3 Å². The quantitative estimate of drug-likeness (QED) is 0.631. The summed E-state index contributed by atoms with van der Waals surface area (Å²) in [6.07, 6.45) is 3.05. The largest absolute Gasteiger partial charge is 0.481 e. The number of carboxylic acid groups (broad SMARTS) is 1. The maximum Gasteiger partial charge on any atom is 0.305 e. The van der Waals surface area contributed by atoms with E-state index >= 15 is 0 Å². The topological polar surface area (TPSA) is 92.2 Å². The van der Waals surface area contributed by atoms with E-state index in [1.807, 2.05) is 0 Å². The van der Waals surface area contributed by atoms with E-state index in [9.17, 15) is 9.59 Å². The fourth-order valence-electron chi connectivity index (χ4n) is 1.01. The summed E-state index contributed by atoms with van der Waals surface area (Å²) in [7, 11) is 0. The molecule has 0 saturated heterocycles. The van der Waals surface area contributed by atoms with Crippen LogP contribution >= 0.6 is 0 Å². The van der Waals surface area contributed by atoms with Crippen molar-refractivity contribution in [2.24, 2.45) is 0 Å². The fraction of sp³-hybridized carbons (Fsp3) is 0.250. The lowest BCUT2D eigenvalue weighted by Gasteiger charge is -2.11. The Morgan fingerprint density at radius 2 is 2.50 bits per heavy atom. The van der Waals surface area contributed by atoms with Gasteiger partial charge in [-0.15, -0.1) is 0 Å². The smallest absolute Gasteiger partial charge is 0.305 e. The number of nitrogens with one attached hydrogen (secondary N) is 1. The molecule has 1 rings (SSSR count). The van der Waals surface area contributed by atoms with Crippen LogP contribution in [0.25, 0.3) is 0 Å². The molecular weight excluding hydrogens is 186 g/mol. The molecule has 1 heterocycles. The van der Waals surface area contributed by atoms with E-state index in [-0.39, 0.29) is 6.42 Å². The minimum Gasteiger partial charge on any atom is -0.481 e. The highest BCUT2D eigenvalue weighted by atomic mass is 16.4. The molecule has 1 atom stereocenters. The highest BCUT2D eigenvalue weighted by Crippen LogP contribution is 2.11. The van der Waals surface area contributed by atoms with Crippen LogP contribution in [0, 0.1) is 0 Å². The molecule has 1 aromatic heterocycles. The lowest BCUT2D eigenvalue weighted by Crippen LogP contribution is -2.23. The van der Waals surface area contributed by atoms with Crippen molar-refractivity contribution < 1.29 is 14.7 Å². The Labute approximate surface area is 80.0 Å². The Bertz CT molecular complexity index is 315. The molecule has 0 aliphatic heterocycles. The van der Waals surface area contributed by atoms with Crippen LogP contribution in [-0.4, -0.2) is 27.5 Å². The molecule has 14 heavy (non-hydrogen) atoms. The van der Waals surface area contributed by atoms with Crippen molar-refractivity contribution >= 4 is 12.4 Å². The van der Waals surface area contributed by atoms with Crippen LogP contribution in [0.15, 0.2) is 18.6 Å². The average Bonchev–Trinajstić information content (AvgIpc) is 2.18. The zero-order chi connectivity index (χ0) is 10.4. The lowest BCUT2D eigenvalue weighted by molar-refractivity contribution is -0.137. The number of rotatable bonds is 5. The third-order valence-electron chi connectivity index (χ3n) is 1.61. The van der Waals surface area contributed by atoms with Crippen LogP contribution in [0.5, 0.6) is 0 Å². The zero-order valence-corrected chi connectivity index (χ0v) is 7.25. The summed E-state index contributed by atoms with van der Waals surface area (Å²) in [5.74, 6) is -0.997. The Morgan fingerprint density at radius 1 is 1.71 bits per heavy atom. The SMILES string of the molecule is O=CNC(CC(=O)O)c1ccncn1. The van der Waals surface area contributed by atoms with Gasteiger partial charge in [-0.25, -0.2) is 9.97 Å². The summed E-state index contributed by atoms with van der Waals surface area (Å²) in [6.45, 7) is 0. The predicted octanol–water partition coefficient (Wildman–Crippen LogP) is -0.262. The molecule has 0 aliphatic rings. The molecule has 6 nitrogen and oxygen atoms in total. The van der Waals surface area contributed by atoms with Crippen LogP contribution in [-0.2, 0) is 9.59 Å². The minimum absolute atomic E-state index is 0.199. The summed E-state index contributed by atoms with van der Waals surface area (Å²) < 4.78 is 0. The third-order valence-corrected chi connectivity index (χ3v) is 1.61. The average molecular weight is 195 g/mol. The molecule has 0 aliphatic carbocycles. The van der Waals surface area contributed by atoms with Crippen molar-refractivity contribution in [1.29, 1.82) is 0 Å². The minimum atomic E-state index is -0.997. The number of amides is 1. The van der Waals surface area contributed by atoms with Gasteiger partial charge in [0.2, 0.25) is 6.41 Å². The van der Waals surface area contributed by atoms with Gasteiger partial charge in [0.05, 0.1) is 18.2 Å². The number of hydrogen-bond donors (Lipinski definition) is 2. The van der Waals surface area contributed by atoms with Gasteiger partial charge in [0.25, 0.3) is 0 Å². The van der Waals surface area contributed by atoms with Gasteiger partial charge in [-0.1, -0.05) is 0 Å². The molecule has 0 bridgehead atoms. The first-order valence-corrected chi connectivity index (χ1v) is 3.91. The molecular formula is C8H9N3O3. The van der Waals surface area contributed by atoms with E-state index in [1.54, 1.807) is 6.07 Å². The molecule has 1 unspecified atom stereocenters. The Kier molecular flexibility index (Phi) is 3.54. The van der Waals surface area contributed by atoms with E-state index in [4.69, 9.17) is 5.11 Å². The molecule has 0 radical (unpaired) electrons. The van der Waals surface area contributed by atoms with E-state index < -0.39 is 12.0 Å². The second kappa shape index (κ2) is 4.90. The van der Waals surface area contributed by atoms with Crippen molar-refractivity contribution in [3.8, 4) is 0 Å². The number of aliphatic carboxylic acids is 1. The van der Waals surface area contributed by atoms with Crippen LogP contribution < -0.4 is 5.32 Å². The second-order valence-electron chi connectivity index (χ2n) is 2.57. The summed E-state index contributed by atoms with van der Waals surface area (Å²) in [6, 6.07) is 0.956. The standard InChI is InChI=1S/C8H9N3O3/c12-5-11-7(3-8(13)14)6-1-2-9-4-10-6/h1-2,4-5,7H,3H2,(H,11,12)(H,13,14). The van der Waals surface area contributed by atoms with E-state index in [0.29, 0.717) is 12.1 Å². The molecule has 0 spiro atoms. The molecule has 2 N–H and O–H groups in total. The monoisotopic (exact) mass is 195 g/mol. The number of nitrogens with zero attached hydrogens (tertiary/aromatic N) is 2. The summed E-state index contributed by atoms with van der Waals surface area (Å²) in [5, 5.41) is 11.0. The maximum atomic E-state index is 10.5. The summed E-state index contributed by atoms with van der Waals surface area (Å²) >= 11 is 0. The maximum absolute atomic E-state index is 10.5. The second-order valence-corrected chi connectivity index (χ2v) is 2.57. The van der Waals surface area contributed by atoms with Crippen LogP contribution in [0.4, 0.5) is 0 Å². The molecule has 0 fully saturated rings. The number of hydrogen-bond acceptors (Lipinski definition) is 4. The van der Waals surface area contributed by atoms with Gasteiger partial charge in [0.15, 0.2) is 0 Å². The first kappa shape index (κ1) is 10.1. The number of carbonyl (C=O) groups excluding carboxylic acids is 1. The fourth-order valence-corrected chi connectivity index (χ4v) is 1.01. The molecule has 1 amide bonds. The molecule has 1 aromatic rings. The predicted molar refractivity (Wildman–Crippen MR) is 46.2 cm³/mol. The summed E-state index contributed by atoms with van der Waals surface area (Å²) in [4.78, 5) is 28.2. The van der Waals surface area contributed by atoms with Crippen LogP contribution in [0.2, 0.25) is 0 Å². The van der Waals surface area contributed by atoms with Crippen LogP contribution in [0.3, 0.4) is 0 Å². The first-order valence-electron chi connectivity index (χ1n) is 3.91. The van der Waals surface area contributed by atoms with E-state index in [2.05, 4.69) is 15.3 Å². The highest BCUT2D eigenvalue weighted by molar-refractivity contribution is 5.68. The lowest BCUT2D eigenvalue weighted by atomic mass is 10.1. The van der Waals surface area contributed by atoms with Crippen molar-refractivity contribution in [2.45, 2.75) is 12.5 Å². The number of aromatic nitrogens is 2. The zero-order valence-electron chi connectivity index (χ0n) is 7.25. The van der Waals surface area contributed by atoms with Gasteiger partial charge in [-0.2, -0.15) is 0 Å². The van der Waals surface area contributed by atoms with Gasteiger partial charge in [0.1, 0.15) is 6.33 Å². The Morgan fingerprint density at radius 3 is 3.00 bits per heavy atom. The number of carbonyl (C=O) groups is 2. The van der Waals surface area contributed by atoms with Gasteiger partial charge in [-0.05, 0) is 6.07 Å². The van der Waals surface area contributed by atoms with Crippen molar-refractivity contribution in [3.05, 3.63) is 24.3 Å². The van der Waals surface area contributed by atoms with Gasteiger partial charge in [-0.3, -0.25) is 9.59 Å². The van der Waals surface area contributed by atoms with E-state index in [0.717, 1.165) is 0 Å². The van der Waals surface area contributed by atoms with Gasteiger partial charge < -0.3 is 10.4 Å². The molecule has 6 heteroatoms. The first-order chi connectivity index (χ1) is 6.74. The molecule has 74 valence electrons. The molecule has 0 saturated carbocycles.